The van der Waals surface area contributed by atoms with Gasteiger partial charge in [0.2, 0.25) is 0 Å². The van der Waals surface area contributed by atoms with E-state index in [0.29, 0.717) is 0 Å². The molecule has 2 aromatic carbocycles. The first-order chi connectivity index (χ1) is 11.7. The van der Waals surface area contributed by atoms with E-state index in [0.717, 1.165) is 0 Å². The van der Waals surface area contributed by atoms with E-state index in [4.69, 9.17) is 0 Å². The van der Waals surface area contributed by atoms with Crippen molar-refractivity contribution in [2.75, 3.05) is 0 Å². The fraction of sp³-hybridized carbons (Fsp3) is 0.538. The van der Waals surface area contributed by atoms with Gasteiger partial charge in [-0.1, -0.05) is 118 Å². The van der Waals surface area contributed by atoms with Gasteiger partial charge in [-0.2, -0.15) is 0 Å². The predicted octanol–water partition coefficient (Wildman–Crippen LogP) is 7.54. The van der Waals surface area contributed by atoms with Crippen molar-refractivity contribution in [1.29, 1.82) is 0 Å². The molecule has 0 heteroatoms. The average Bonchev–Trinajstić information content (AvgIpc) is 2.53. The Labute approximate surface area is 162 Å². The van der Waals surface area contributed by atoms with Gasteiger partial charge in [-0.3, -0.25) is 0 Å². The van der Waals surface area contributed by atoms with Crippen molar-refractivity contribution in [2.24, 2.45) is 0 Å². The van der Waals surface area contributed by atoms with E-state index in [1.165, 1.54) is 22.3 Å². The lowest BCUT2D eigenvalue weighted by atomic mass is 9.60. The molecule has 0 unspecified atom stereocenters. The molecule has 0 aromatic heterocycles. The highest BCUT2D eigenvalue weighted by atomic mass is 14.4. The lowest BCUT2D eigenvalue weighted by Crippen LogP contribution is -2.40. The molecule has 0 N–H and O–H groups in total. The van der Waals surface area contributed by atoms with Crippen molar-refractivity contribution >= 4 is 0 Å². The van der Waals surface area contributed by atoms with Gasteiger partial charge in [0.25, 0.3) is 0 Å². The van der Waals surface area contributed by atoms with Crippen LogP contribution in [-0.2, 0) is 21.7 Å². The third kappa shape index (κ3) is 3.90. The fourth-order valence-corrected chi connectivity index (χ4v) is 3.48. The lowest BCUT2D eigenvalue weighted by Gasteiger charge is -2.43. The van der Waals surface area contributed by atoms with Crippen molar-refractivity contribution in [3.05, 3.63) is 70.8 Å². The number of hydrogen-bond acceptors (Lipinski definition) is 0. The summed E-state index contributed by atoms with van der Waals surface area (Å²) in [6.45, 7) is 23.2. The number of rotatable bonds is 3. The molecule has 2 rings (SSSR count). The summed E-state index contributed by atoms with van der Waals surface area (Å²) in [7, 11) is 0. The van der Waals surface area contributed by atoms with Crippen LogP contribution in [0.5, 0.6) is 0 Å². The van der Waals surface area contributed by atoms with E-state index >= 15 is 0 Å². The van der Waals surface area contributed by atoms with Gasteiger partial charge in [-0.05, 0) is 43.9 Å². The van der Waals surface area contributed by atoms with E-state index in [1.54, 1.807) is 0 Å². The maximum absolute atomic E-state index is 2.41. The number of hydrogen-bond donors (Lipinski definition) is 0. The molecular weight excluding hydrogens is 312 g/mol. The largest absolute Gasteiger partial charge is 0.0617 e. The molecule has 142 valence electrons. The van der Waals surface area contributed by atoms with E-state index in [2.05, 4.69) is 118 Å². The molecule has 0 spiro atoms. The summed E-state index contributed by atoms with van der Waals surface area (Å²) in [6.07, 6.45) is 0. The van der Waals surface area contributed by atoms with E-state index in [-0.39, 0.29) is 21.7 Å². The molecule has 0 fully saturated rings. The normalized spacial score (nSPS) is 13.8. The first-order valence-corrected chi connectivity index (χ1v) is 9.89. The van der Waals surface area contributed by atoms with Gasteiger partial charge in [0, 0.05) is 0 Å². The third-order valence-corrected chi connectivity index (χ3v) is 6.49. The second-order valence-electron chi connectivity index (χ2n) is 10.9. The van der Waals surface area contributed by atoms with E-state index in [9.17, 15) is 0 Å². The first kappa shape index (κ1) is 20.7. The second kappa shape index (κ2) is 6.55. The Morgan fingerprint density at radius 3 is 1.27 bits per heavy atom. The van der Waals surface area contributed by atoms with Gasteiger partial charge < -0.3 is 0 Å². The Morgan fingerprint density at radius 2 is 0.808 bits per heavy atom. The molecule has 0 saturated carbocycles. The second-order valence-corrected chi connectivity index (χ2v) is 10.9. The van der Waals surface area contributed by atoms with Gasteiger partial charge in [-0.15, -0.1) is 0 Å². The summed E-state index contributed by atoms with van der Waals surface area (Å²) < 4.78 is 0. The first-order valence-electron chi connectivity index (χ1n) is 9.89. The molecule has 2 aromatic rings. The summed E-state index contributed by atoms with van der Waals surface area (Å²) in [5.41, 5.74) is 6.03. The summed E-state index contributed by atoms with van der Waals surface area (Å²) in [4.78, 5) is 0. The standard InChI is InChI=1S/C26H38/c1-23(2,3)19-14-16-20(17-15-19)25(7,8)26(9,10)22-13-11-12-21(18-22)24(4,5)6/h11-18H,1-10H3. The zero-order valence-electron chi connectivity index (χ0n) is 18.6. The molecule has 26 heavy (non-hydrogen) atoms. The summed E-state index contributed by atoms with van der Waals surface area (Å²) >= 11 is 0. The van der Waals surface area contributed by atoms with Crippen LogP contribution in [0.15, 0.2) is 48.5 Å². The van der Waals surface area contributed by atoms with Crippen molar-refractivity contribution in [2.45, 2.75) is 90.9 Å². The van der Waals surface area contributed by atoms with Gasteiger partial charge in [0.15, 0.2) is 0 Å². The minimum atomic E-state index is 0.0253. The van der Waals surface area contributed by atoms with Gasteiger partial charge >= 0.3 is 0 Å². The Hall–Kier alpha value is -1.56. The minimum Gasteiger partial charge on any atom is -0.0617 e. The lowest BCUT2D eigenvalue weighted by molar-refractivity contribution is 0.302. The Balaban J connectivity index is 2.47. The Kier molecular flexibility index (Phi) is 5.23. The van der Waals surface area contributed by atoms with Crippen LogP contribution in [0, 0.1) is 0 Å². The Morgan fingerprint density at radius 1 is 0.423 bits per heavy atom. The molecular formula is C26H38. The van der Waals surface area contributed by atoms with Crippen LogP contribution in [0.3, 0.4) is 0 Å². The predicted molar refractivity (Wildman–Crippen MR) is 116 cm³/mol. The van der Waals surface area contributed by atoms with Gasteiger partial charge in [0.05, 0.1) is 0 Å². The van der Waals surface area contributed by atoms with Crippen molar-refractivity contribution in [3.8, 4) is 0 Å². The average molecular weight is 351 g/mol. The molecule has 0 aliphatic carbocycles. The summed E-state index contributed by atoms with van der Waals surface area (Å²) in [5, 5.41) is 0. The molecule has 0 bridgehead atoms. The molecule has 0 aliphatic rings. The quantitative estimate of drug-likeness (QED) is 0.536. The summed E-state index contributed by atoms with van der Waals surface area (Å²) in [6, 6.07) is 18.4. The number of benzene rings is 2. The zero-order valence-corrected chi connectivity index (χ0v) is 18.6. The highest BCUT2D eigenvalue weighted by molar-refractivity contribution is 5.40. The van der Waals surface area contributed by atoms with Crippen LogP contribution >= 0.6 is 0 Å². The van der Waals surface area contributed by atoms with Crippen LogP contribution in [0.1, 0.15) is 91.5 Å². The van der Waals surface area contributed by atoms with Crippen molar-refractivity contribution < 1.29 is 0 Å². The van der Waals surface area contributed by atoms with Crippen LogP contribution < -0.4 is 0 Å². The van der Waals surface area contributed by atoms with Gasteiger partial charge in [0.1, 0.15) is 0 Å². The van der Waals surface area contributed by atoms with Crippen LogP contribution in [0.2, 0.25) is 0 Å². The zero-order chi connectivity index (χ0) is 20.0. The van der Waals surface area contributed by atoms with E-state index < -0.39 is 0 Å². The maximum Gasteiger partial charge on any atom is -0.00119 e. The molecule has 0 radical (unpaired) electrons. The van der Waals surface area contributed by atoms with Crippen LogP contribution in [0.4, 0.5) is 0 Å². The molecule has 0 amide bonds. The summed E-state index contributed by atoms with van der Waals surface area (Å²) in [5.74, 6) is 0. The highest BCUT2D eigenvalue weighted by Gasteiger charge is 2.40. The molecule has 0 heterocycles. The van der Waals surface area contributed by atoms with Crippen molar-refractivity contribution in [1.82, 2.24) is 0 Å². The SMILES string of the molecule is CC(C)(C)c1ccc(C(C)(C)C(C)(C)c2cccc(C(C)(C)C)c2)cc1. The highest BCUT2D eigenvalue weighted by Crippen LogP contribution is 2.44. The fourth-order valence-electron chi connectivity index (χ4n) is 3.48. The smallest absolute Gasteiger partial charge is 0.00119 e. The van der Waals surface area contributed by atoms with Crippen molar-refractivity contribution in [3.63, 3.8) is 0 Å². The molecule has 0 aliphatic heterocycles. The third-order valence-electron chi connectivity index (χ3n) is 6.49. The monoisotopic (exact) mass is 350 g/mol. The molecule has 0 atom stereocenters. The molecule has 0 saturated heterocycles. The van der Waals surface area contributed by atoms with Crippen LogP contribution in [0.25, 0.3) is 0 Å². The maximum atomic E-state index is 2.41. The van der Waals surface area contributed by atoms with Crippen LogP contribution in [-0.4, -0.2) is 0 Å². The molecule has 0 nitrogen and oxygen atoms in total. The Bertz CT molecular complexity index is 744. The minimum absolute atomic E-state index is 0.0253. The van der Waals surface area contributed by atoms with Gasteiger partial charge in [-0.25, -0.2) is 0 Å². The topological polar surface area (TPSA) is 0 Å². The van der Waals surface area contributed by atoms with E-state index in [1.807, 2.05) is 0 Å².